The summed E-state index contributed by atoms with van der Waals surface area (Å²) >= 11 is 0. The quantitative estimate of drug-likeness (QED) is 0.786. The minimum absolute atomic E-state index is 0.175. The fourth-order valence-corrected chi connectivity index (χ4v) is 2.06. The highest BCUT2D eigenvalue weighted by molar-refractivity contribution is 5.91. The number of carbonyl (C=O) groups is 1. The molecule has 0 saturated heterocycles. The van der Waals surface area contributed by atoms with Gasteiger partial charge in [0.05, 0.1) is 0 Å². The summed E-state index contributed by atoms with van der Waals surface area (Å²) in [5, 5.41) is 2.83. The van der Waals surface area contributed by atoms with Gasteiger partial charge in [0.25, 0.3) is 5.91 Å². The van der Waals surface area contributed by atoms with Gasteiger partial charge < -0.3 is 14.5 Å². The average molecular weight is 301 g/mol. The summed E-state index contributed by atoms with van der Waals surface area (Å²) in [7, 11) is 0. The SMILES string of the molecule is CCCCNC(=O)c1ccc(COc2cc(C)ccc2C)o1. The summed E-state index contributed by atoms with van der Waals surface area (Å²) in [4.78, 5) is 11.9. The number of furan rings is 1. The Morgan fingerprint density at radius 3 is 2.82 bits per heavy atom. The first-order valence-corrected chi connectivity index (χ1v) is 7.67. The van der Waals surface area contributed by atoms with Crippen LogP contribution in [-0.2, 0) is 6.61 Å². The van der Waals surface area contributed by atoms with E-state index in [4.69, 9.17) is 9.15 Å². The van der Waals surface area contributed by atoms with Crippen LogP contribution in [0.2, 0.25) is 0 Å². The summed E-state index contributed by atoms with van der Waals surface area (Å²) in [6.45, 7) is 7.10. The molecule has 2 rings (SSSR count). The van der Waals surface area contributed by atoms with E-state index in [1.54, 1.807) is 12.1 Å². The third-order valence-corrected chi connectivity index (χ3v) is 3.41. The average Bonchev–Trinajstić information content (AvgIpc) is 2.97. The molecule has 0 bridgehead atoms. The number of hydrogen-bond acceptors (Lipinski definition) is 3. The van der Waals surface area contributed by atoms with Gasteiger partial charge in [0.1, 0.15) is 18.1 Å². The summed E-state index contributed by atoms with van der Waals surface area (Å²) in [5.41, 5.74) is 2.23. The van der Waals surface area contributed by atoms with Crippen molar-refractivity contribution in [2.75, 3.05) is 6.54 Å². The van der Waals surface area contributed by atoms with Crippen molar-refractivity contribution < 1.29 is 13.9 Å². The normalized spacial score (nSPS) is 10.5. The number of ether oxygens (including phenoxy) is 1. The first-order chi connectivity index (χ1) is 10.6. The molecule has 4 heteroatoms. The first-order valence-electron chi connectivity index (χ1n) is 7.67. The molecule has 0 radical (unpaired) electrons. The monoisotopic (exact) mass is 301 g/mol. The van der Waals surface area contributed by atoms with Gasteiger partial charge in [-0.25, -0.2) is 0 Å². The van der Waals surface area contributed by atoms with E-state index in [9.17, 15) is 4.79 Å². The van der Waals surface area contributed by atoms with E-state index in [0.717, 1.165) is 29.7 Å². The largest absolute Gasteiger partial charge is 0.485 e. The minimum Gasteiger partial charge on any atom is -0.485 e. The number of nitrogens with one attached hydrogen (secondary N) is 1. The fraction of sp³-hybridized carbons (Fsp3) is 0.389. The lowest BCUT2D eigenvalue weighted by atomic mass is 10.1. The maximum atomic E-state index is 11.9. The molecule has 1 aromatic carbocycles. The minimum atomic E-state index is -0.175. The molecule has 1 heterocycles. The number of benzene rings is 1. The highest BCUT2D eigenvalue weighted by Crippen LogP contribution is 2.21. The van der Waals surface area contributed by atoms with E-state index in [1.165, 1.54) is 0 Å². The van der Waals surface area contributed by atoms with Gasteiger partial charge >= 0.3 is 0 Å². The van der Waals surface area contributed by atoms with Gasteiger partial charge in [-0.3, -0.25) is 4.79 Å². The topological polar surface area (TPSA) is 51.5 Å². The van der Waals surface area contributed by atoms with Crippen LogP contribution in [0.5, 0.6) is 5.75 Å². The Bertz CT molecular complexity index is 631. The van der Waals surface area contributed by atoms with E-state index < -0.39 is 0 Å². The molecule has 118 valence electrons. The van der Waals surface area contributed by atoms with Crippen LogP contribution in [0, 0.1) is 13.8 Å². The molecular formula is C18H23NO3. The second-order valence-electron chi connectivity index (χ2n) is 5.43. The molecular weight excluding hydrogens is 278 g/mol. The first kappa shape index (κ1) is 16.1. The van der Waals surface area contributed by atoms with Crippen LogP contribution in [0.25, 0.3) is 0 Å². The summed E-state index contributed by atoms with van der Waals surface area (Å²) in [6, 6.07) is 9.53. The van der Waals surface area contributed by atoms with Gasteiger partial charge in [-0.2, -0.15) is 0 Å². The predicted octanol–water partition coefficient (Wildman–Crippen LogP) is 4.01. The maximum absolute atomic E-state index is 11.9. The lowest BCUT2D eigenvalue weighted by molar-refractivity contribution is 0.0921. The standard InChI is InChI=1S/C18H23NO3/c1-4-5-10-19-18(20)16-9-8-15(22-16)12-21-17-11-13(2)6-7-14(17)3/h6-9,11H,4-5,10,12H2,1-3H3,(H,19,20). The van der Waals surface area contributed by atoms with Crippen molar-refractivity contribution in [2.45, 2.75) is 40.2 Å². The van der Waals surface area contributed by atoms with Crippen LogP contribution in [0.3, 0.4) is 0 Å². The Balaban J connectivity index is 1.92. The lowest BCUT2D eigenvalue weighted by Crippen LogP contribution is -2.23. The molecule has 22 heavy (non-hydrogen) atoms. The maximum Gasteiger partial charge on any atom is 0.286 e. The van der Waals surface area contributed by atoms with Crippen LogP contribution in [0.15, 0.2) is 34.7 Å². The fourth-order valence-electron chi connectivity index (χ4n) is 2.06. The molecule has 0 aliphatic rings. The molecule has 2 aromatic rings. The summed E-state index contributed by atoms with van der Waals surface area (Å²) in [5.74, 6) is 1.63. The zero-order valence-electron chi connectivity index (χ0n) is 13.4. The molecule has 4 nitrogen and oxygen atoms in total. The Morgan fingerprint density at radius 2 is 2.05 bits per heavy atom. The Kier molecular flexibility index (Phi) is 5.64. The molecule has 0 unspecified atom stereocenters. The Hall–Kier alpha value is -2.23. The van der Waals surface area contributed by atoms with E-state index in [0.29, 0.717) is 24.7 Å². The van der Waals surface area contributed by atoms with Gasteiger partial charge in [-0.05, 0) is 49.6 Å². The van der Waals surface area contributed by atoms with Gasteiger partial charge in [0.15, 0.2) is 5.76 Å². The molecule has 1 aromatic heterocycles. The van der Waals surface area contributed by atoms with E-state index in [2.05, 4.69) is 12.2 Å². The summed E-state index contributed by atoms with van der Waals surface area (Å²) < 4.78 is 11.3. The third-order valence-electron chi connectivity index (χ3n) is 3.41. The second kappa shape index (κ2) is 7.69. The van der Waals surface area contributed by atoms with Crippen LogP contribution in [0.1, 0.15) is 47.2 Å². The summed E-state index contributed by atoms with van der Waals surface area (Å²) in [6.07, 6.45) is 2.02. The number of unbranched alkanes of at least 4 members (excludes halogenated alkanes) is 1. The van der Waals surface area contributed by atoms with Crippen LogP contribution >= 0.6 is 0 Å². The van der Waals surface area contributed by atoms with Gasteiger partial charge in [-0.15, -0.1) is 0 Å². The van der Waals surface area contributed by atoms with Crippen LogP contribution < -0.4 is 10.1 Å². The smallest absolute Gasteiger partial charge is 0.286 e. The highest BCUT2D eigenvalue weighted by atomic mass is 16.5. The zero-order valence-corrected chi connectivity index (χ0v) is 13.4. The second-order valence-corrected chi connectivity index (χ2v) is 5.43. The van der Waals surface area contributed by atoms with Crippen molar-refractivity contribution in [3.8, 4) is 5.75 Å². The Labute approximate surface area is 131 Å². The molecule has 1 amide bonds. The molecule has 0 saturated carbocycles. The van der Waals surface area contributed by atoms with E-state index in [1.807, 2.05) is 32.0 Å². The van der Waals surface area contributed by atoms with Gasteiger partial charge in [0.2, 0.25) is 0 Å². The van der Waals surface area contributed by atoms with Crippen molar-refractivity contribution in [1.29, 1.82) is 0 Å². The van der Waals surface area contributed by atoms with Crippen LogP contribution in [0.4, 0.5) is 0 Å². The molecule has 0 aliphatic heterocycles. The highest BCUT2D eigenvalue weighted by Gasteiger charge is 2.11. The third kappa shape index (κ3) is 4.38. The molecule has 0 aliphatic carbocycles. The molecule has 0 fully saturated rings. The predicted molar refractivity (Wildman–Crippen MR) is 86.2 cm³/mol. The van der Waals surface area contributed by atoms with Gasteiger partial charge in [0, 0.05) is 6.54 Å². The zero-order chi connectivity index (χ0) is 15.9. The van der Waals surface area contributed by atoms with Crippen molar-refractivity contribution in [3.05, 3.63) is 53.0 Å². The molecule has 0 spiro atoms. The van der Waals surface area contributed by atoms with Crippen molar-refractivity contribution in [3.63, 3.8) is 0 Å². The number of hydrogen-bond donors (Lipinski definition) is 1. The Morgan fingerprint density at radius 1 is 1.23 bits per heavy atom. The van der Waals surface area contributed by atoms with Gasteiger partial charge in [-0.1, -0.05) is 25.5 Å². The van der Waals surface area contributed by atoms with Crippen LogP contribution in [-0.4, -0.2) is 12.5 Å². The van der Waals surface area contributed by atoms with Crippen molar-refractivity contribution >= 4 is 5.91 Å². The van der Waals surface area contributed by atoms with Crippen molar-refractivity contribution in [1.82, 2.24) is 5.32 Å². The van der Waals surface area contributed by atoms with E-state index >= 15 is 0 Å². The number of carbonyl (C=O) groups excluding carboxylic acids is 1. The number of rotatable bonds is 7. The molecule has 1 N–H and O–H groups in total. The van der Waals surface area contributed by atoms with Crippen molar-refractivity contribution in [2.24, 2.45) is 0 Å². The molecule has 0 atom stereocenters. The lowest BCUT2D eigenvalue weighted by Gasteiger charge is -2.08. The number of amides is 1. The number of aryl methyl sites for hydroxylation is 2. The van der Waals surface area contributed by atoms with E-state index in [-0.39, 0.29) is 5.91 Å².